The molecule has 5 nitrogen and oxygen atoms in total. The highest BCUT2D eigenvalue weighted by Gasteiger charge is 2.67. The SMILES string of the molecule is O=C1C(C(F)(F)C(F)(F)F)CN(C2CCCO2)C(=S)N1C1CCCO1. The number of carbonyl (C=O) groups excluding carboxylic acids is 1. The largest absolute Gasteiger partial charge is 0.454 e. The van der Waals surface area contributed by atoms with Crippen LogP contribution in [0.25, 0.3) is 0 Å². The van der Waals surface area contributed by atoms with Gasteiger partial charge < -0.3 is 14.4 Å². The minimum atomic E-state index is -5.84. The van der Waals surface area contributed by atoms with E-state index in [4.69, 9.17) is 21.7 Å². The van der Waals surface area contributed by atoms with Crippen LogP contribution in [0.5, 0.6) is 0 Å². The van der Waals surface area contributed by atoms with Gasteiger partial charge in [0.15, 0.2) is 5.11 Å². The summed E-state index contributed by atoms with van der Waals surface area (Å²) in [5.41, 5.74) is 0. The van der Waals surface area contributed by atoms with Crippen LogP contribution >= 0.6 is 12.2 Å². The summed E-state index contributed by atoms with van der Waals surface area (Å²) in [5, 5.41) is -0.113. The lowest BCUT2D eigenvalue weighted by atomic mass is 9.95. The summed E-state index contributed by atoms with van der Waals surface area (Å²) in [4.78, 5) is 14.4. The Morgan fingerprint density at radius 1 is 1.00 bits per heavy atom. The van der Waals surface area contributed by atoms with Crippen LogP contribution in [-0.2, 0) is 14.3 Å². The normalized spacial score (nSPS) is 32.0. The highest BCUT2D eigenvalue weighted by atomic mass is 32.1. The zero-order chi connectivity index (χ0) is 18.4. The molecule has 3 aliphatic rings. The summed E-state index contributed by atoms with van der Waals surface area (Å²) in [6, 6.07) is 0. The Hall–Kier alpha value is -1.07. The smallest absolute Gasteiger partial charge is 0.358 e. The molecule has 1 amide bonds. The van der Waals surface area contributed by atoms with Gasteiger partial charge in [0, 0.05) is 19.8 Å². The van der Waals surface area contributed by atoms with Gasteiger partial charge in [0.05, 0.1) is 0 Å². The Labute approximate surface area is 146 Å². The molecule has 3 rings (SSSR count). The Bertz CT molecular complexity index is 547. The molecule has 0 bridgehead atoms. The molecule has 0 aliphatic carbocycles. The standard InChI is InChI=1S/C14H17F5N2O3S/c15-13(16,14(17,18)19)8-7-20(9-3-1-5-23-9)12(25)21(11(8)22)10-4-2-6-24-10/h8-10H,1-7H2. The van der Waals surface area contributed by atoms with Crippen molar-refractivity contribution in [2.24, 2.45) is 5.92 Å². The Kier molecular flexibility index (Phi) is 4.93. The molecular weight excluding hydrogens is 371 g/mol. The number of rotatable bonds is 3. The number of halogens is 5. The Morgan fingerprint density at radius 2 is 1.56 bits per heavy atom. The molecule has 3 aliphatic heterocycles. The molecule has 0 saturated carbocycles. The Morgan fingerprint density at radius 3 is 2.04 bits per heavy atom. The molecule has 3 fully saturated rings. The molecule has 25 heavy (non-hydrogen) atoms. The van der Waals surface area contributed by atoms with E-state index in [1.165, 1.54) is 0 Å². The first-order valence-electron chi connectivity index (χ1n) is 7.96. The number of hydrogen-bond donors (Lipinski definition) is 0. The summed E-state index contributed by atoms with van der Waals surface area (Å²) in [6.45, 7) is -0.187. The van der Waals surface area contributed by atoms with Crippen LogP contribution in [0, 0.1) is 5.92 Å². The van der Waals surface area contributed by atoms with E-state index in [2.05, 4.69) is 0 Å². The van der Waals surface area contributed by atoms with Gasteiger partial charge in [-0.25, -0.2) is 0 Å². The minimum absolute atomic E-state index is 0.113. The number of hydrogen-bond acceptors (Lipinski definition) is 4. The molecule has 0 aromatic carbocycles. The average molecular weight is 388 g/mol. The van der Waals surface area contributed by atoms with Gasteiger partial charge >= 0.3 is 12.1 Å². The molecule has 3 saturated heterocycles. The van der Waals surface area contributed by atoms with Gasteiger partial charge in [-0.05, 0) is 37.9 Å². The van der Waals surface area contributed by atoms with E-state index in [1.54, 1.807) is 0 Å². The van der Waals surface area contributed by atoms with E-state index >= 15 is 0 Å². The second-order valence-electron chi connectivity index (χ2n) is 6.25. The molecule has 11 heteroatoms. The predicted molar refractivity (Wildman–Crippen MR) is 78.6 cm³/mol. The fraction of sp³-hybridized carbons (Fsp3) is 0.857. The van der Waals surface area contributed by atoms with E-state index in [0.29, 0.717) is 32.3 Å². The summed E-state index contributed by atoms with van der Waals surface area (Å²) in [5.74, 6) is -9.12. The van der Waals surface area contributed by atoms with Crippen molar-refractivity contribution in [3.8, 4) is 0 Å². The fourth-order valence-corrected chi connectivity index (χ4v) is 3.70. The lowest BCUT2D eigenvalue weighted by Crippen LogP contribution is -2.66. The molecular formula is C14H17F5N2O3S. The van der Waals surface area contributed by atoms with Crippen molar-refractivity contribution in [1.82, 2.24) is 9.80 Å². The van der Waals surface area contributed by atoms with Crippen LogP contribution in [0.15, 0.2) is 0 Å². The first kappa shape index (κ1) is 18.7. The van der Waals surface area contributed by atoms with Crippen LogP contribution in [0.4, 0.5) is 22.0 Å². The quantitative estimate of drug-likeness (QED) is 0.549. The number of nitrogens with zero attached hydrogens (tertiary/aromatic N) is 2. The molecule has 0 N–H and O–H groups in total. The number of ether oxygens (including phenoxy) is 2. The van der Waals surface area contributed by atoms with Gasteiger partial charge in [0.2, 0.25) is 5.91 Å². The van der Waals surface area contributed by atoms with Gasteiger partial charge in [-0.2, -0.15) is 22.0 Å². The summed E-state index contributed by atoms with van der Waals surface area (Å²) >= 11 is 5.21. The second-order valence-corrected chi connectivity index (χ2v) is 6.62. The van der Waals surface area contributed by atoms with Gasteiger partial charge in [-0.1, -0.05) is 0 Å². The molecule has 0 aromatic heterocycles. The molecule has 3 unspecified atom stereocenters. The minimum Gasteiger partial charge on any atom is -0.358 e. The van der Waals surface area contributed by atoms with Crippen molar-refractivity contribution in [3.05, 3.63) is 0 Å². The monoisotopic (exact) mass is 388 g/mol. The zero-order valence-corrected chi connectivity index (χ0v) is 13.9. The third-order valence-corrected chi connectivity index (χ3v) is 5.06. The van der Waals surface area contributed by atoms with E-state index in [-0.39, 0.29) is 11.7 Å². The number of carbonyl (C=O) groups is 1. The van der Waals surface area contributed by atoms with Crippen molar-refractivity contribution < 1.29 is 36.2 Å². The number of amides is 1. The summed E-state index contributed by atoms with van der Waals surface area (Å²) < 4.78 is 77.3. The maximum atomic E-state index is 14.0. The van der Waals surface area contributed by atoms with Gasteiger partial charge in [0.1, 0.15) is 18.4 Å². The first-order chi connectivity index (χ1) is 11.6. The second kappa shape index (κ2) is 6.58. The van der Waals surface area contributed by atoms with Crippen molar-refractivity contribution in [1.29, 1.82) is 0 Å². The van der Waals surface area contributed by atoms with E-state index in [0.717, 1.165) is 9.80 Å². The molecule has 3 atom stereocenters. The van der Waals surface area contributed by atoms with Crippen molar-refractivity contribution in [3.63, 3.8) is 0 Å². The van der Waals surface area contributed by atoms with E-state index < -0.39 is 42.9 Å². The topological polar surface area (TPSA) is 42.0 Å². The molecule has 0 aromatic rings. The van der Waals surface area contributed by atoms with Crippen molar-refractivity contribution in [2.45, 2.75) is 50.2 Å². The fourth-order valence-electron chi connectivity index (χ4n) is 3.30. The highest BCUT2D eigenvalue weighted by Crippen LogP contribution is 2.44. The maximum Gasteiger partial charge on any atom is 0.454 e. The van der Waals surface area contributed by atoms with Gasteiger partial charge in [-0.15, -0.1) is 0 Å². The first-order valence-corrected chi connectivity index (χ1v) is 8.37. The third-order valence-electron chi connectivity index (χ3n) is 4.63. The highest BCUT2D eigenvalue weighted by molar-refractivity contribution is 7.80. The van der Waals surface area contributed by atoms with E-state index in [1.807, 2.05) is 0 Å². The summed E-state index contributed by atoms with van der Waals surface area (Å²) in [7, 11) is 0. The maximum absolute atomic E-state index is 14.0. The molecule has 142 valence electrons. The van der Waals surface area contributed by atoms with Crippen LogP contribution in [-0.4, -0.2) is 65.1 Å². The zero-order valence-electron chi connectivity index (χ0n) is 13.1. The van der Waals surface area contributed by atoms with Crippen molar-refractivity contribution >= 4 is 23.2 Å². The lowest BCUT2D eigenvalue weighted by molar-refractivity contribution is -0.302. The van der Waals surface area contributed by atoms with Crippen LogP contribution in [0.3, 0.4) is 0 Å². The number of thiocarbonyl (C=S) groups is 1. The lowest BCUT2D eigenvalue weighted by Gasteiger charge is -2.46. The van der Waals surface area contributed by atoms with Crippen LogP contribution < -0.4 is 0 Å². The van der Waals surface area contributed by atoms with Crippen LogP contribution in [0.1, 0.15) is 25.7 Å². The molecule has 3 heterocycles. The number of alkyl halides is 5. The average Bonchev–Trinajstić information content (AvgIpc) is 3.19. The third kappa shape index (κ3) is 3.21. The molecule has 0 spiro atoms. The Balaban J connectivity index is 1.94. The van der Waals surface area contributed by atoms with Gasteiger partial charge in [-0.3, -0.25) is 9.69 Å². The van der Waals surface area contributed by atoms with Crippen LogP contribution in [0.2, 0.25) is 0 Å². The summed E-state index contributed by atoms with van der Waals surface area (Å²) in [6.07, 6.45) is -5.49. The molecule has 0 radical (unpaired) electrons. The van der Waals surface area contributed by atoms with E-state index in [9.17, 15) is 26.7 Å². The van der Waals surface area contributed by atoms with Crippen molar-refractivity contribution in [2.75, 3.05) is 19.8 Å². The predicted octanol–water partition coefficient (Wildman–Crippen LogP) is 2.50. The van der Waals surface area contributed by atoms with Gasteiger partial charge in [0.25, 0.3) is 0 Å².